The molecule has 0 bridgehead atoms. The first-order valence-electron chi connectivity index (χ1n) is 4.91. The molecule has 1 N–H and O–H groups in total. The van der Waals surface area contributed by atoms with Gasteiger partial charge in [-0.1, -0.05) is 30.3 Å². The molecule has 2 rings (SSSR count). The van der Waals surface area contributed by atoms with Gasteiger partial charge in [0.05, 0.1) is 11.3 Å². The molecule has 1 heterocycles. The van der Waals surface area contributed by atoms with Crippen molar-refractivity contribution in [2.75, 3.05) is 0 Å². The van der Waals surface area contributed by atoms with Gasteiger partial charge < -0.3 is 5.11 Å². The van der Waals surface area contributed by atoms with Gasteiger partial charge in [-0.25, -0.2) is 9.78 Å². The second-order valence-electron chi connectivity index (χ2n) is 3.41. The molecule has 0 saturated carbocycles. The lowest BCUT2D eigenvalue weighted by Crippen LogP contribution is -1.99. The number of hydrogen-bond acceptors (Lipinski definition) is 3. The molecule has 0 amide bonds. The summed E-state index contributed by atoms with van der Waals surface area (Å²) >= 11 is 0. The van der Waals surface area contributed by atoms with Gasteiger partial charge in [-0.2, -0.15) is 5.26 Å². The van der Waals surface area contributed by atoms with Crippen LogP contribution in [0.2, 0.25) is 0 Å². The Balaban J connectivity index is 2.59. The predicted octanol–water partition coefficient (Wildman–Crippen LogP) is 2.32. The van der Waals surface area contributed by atoms with Gasteiger partial charge in [0, 0.05) is 5.56 Å². The summed E-state index contributed by atoms with van der Waals surface area (Å²) < 4.78 is 0. The average molecular weight is 224 g/mol. The third-order valence-electron chi connectivity index (χ3n) is 2.26. The van der Waals surface area contributed by atoms with Gasteiger partial charge in [0.25, 0.3) is 0 Å². The number of nitriles is 1. The first kappa shape index (κ1) is 10.8. The van der Waals surface area contributed by atoms with Crippen LogP contribution in [0.15, 0.2) is 42.5 Å². The third-order valence-corrected chi connectivity index (χ3v) is 2.26. The van der Waals surface area contributed by atoms with Crippen LogP contribution in [0.4, 0.5) is 0 Å². The molecule has 0 unspecified atom stereocenters. The monoisotopic (exact) mass is 224 g/mol. The van der Waals surface area contributed by atoms with E-state index >= 15 is 0 Å². The molecule has 0 saturated heterocycles. The fourth-order valence-corrected chi connectivity index (χ4v) is 1.47. The summed E-state index contributed by atoms with van der Waals surface area (Å²) in [4.78, 5) is 15.0. The smallest absolute Gasteiger partial charge is 0.335 e. The van der Waals surface area contributed by atoms with Crippen LogP contribution in [0.5, 0.6) is 0 Å². The maximum absolute atomic E-state index is 10.9. The summed E-state index contributed by atoms with van der Waals surface area (Å²) in [5, 5.41) is 17.7. The number of aromatic carboxylic acids is 1. The van der Waals surface area contributed by atoms with Gasteiger partial charge in [0.15, 0.2) is 0 Å². The van der Waals surface area contributed by atoms with Crippen LogP contribution in [0.1, 0.15) is 16.1 Å². The zero-order valence-electron chi connectivity index (χ0n) is 8.79. The van der Waals surface area contributed by atoms with Crippen LogP contribution in [0, 0.1) is 11.3 Å². The molecule has 82 valence electrons. The first-order valence-corrected chi connectivity index (χ1v) is 4.91. The highest BCUT2D eigenvalue weighted by Gasteiger charge is 2.09. The zero-order valence-corrected chi connectivity index (χ0v) is 8.79. The van der Waals surface area contributed by atoms with Gasteiger partial charge in [0.2, 0.25) is 0 Å². The van der Waals surface area contributed by atoms with Gasteiger partial charge in [-0.15, -0.1) is 0 Å². The van der Waals surface area contributed by atoms with Crippen molar-refractivity contribution in [2.45, 2.75) is 0 Å². The molecular weight excluding hydrogens is 216 g/mol. The number of hydrogen-bond donors (Lipinski definition) is 1. The molecule has 0 aliphatic rings. The molecule has 0 fully saturated rings. The summed E-state index contributed by atoms with van der Waals surface area (Å²) in [6.45, 7) is 0. The van der Waals surface area contributed by atoms with Crippen LogP contribution in [0.25, 0.3) is 11.3 Å². The van der Waals surface area contributed by atoms with Crippen molar-refractivity contribution in [1.29, 1.82) is 5.26 Å². The Kier molecular flexibility index (Phi) is 2.84. The van der Waals surface area contributed by atoms with Crippen LogP contribution in [0.3, 0.4) is 0 Å². The lowest BCUT2D eigenvalue weighted by molar-refractivity contribution is 0.0696. The summed E-state index contributed by atoms with van der Waals surface area (Å²) in [5.74, 6) is -1.07. The van der Waals surface area contributed by atoms with Crippen molar-refractivity contribution >= 4 is 5.97 Å². The molecule has 4 nitrogen and oxygen atoms in total. The molecule has 0 aliphatic carbocycles. The van der Waals surface area contributed by atoms with E-state index in [9.17, 15) is 4.79 Å². The maximum atomic E-state index is 10.9. The molecule has 0 aliphatic heterocycles. The van der Waals surface area contributed by atoms with Crippen LogP contribution in [-0.2, 0) is 0 Å². The fraction of sp³-hybridized carbons (Fsp3) is 0. The number of carboxylic acid groups (broad SMARTS) is 1. The summed E-state index contributed by atoms with van der Waals surface area (Å²) in [6, 6.07) is 13.7. The Bertz CT molecular complexity index is 601. The van der Waals surface area contributed by atoms with Crippen molar-refractivity contribution in [3.05, 3.63) is 53.7 Å². The van der Waals surface area contributed by atoms with Gasteiger partial charge >= 0.3 is 5.97 Å². The quantitative estimate of drug-likeness (QED) is 0.849. The van der Waals surface area contributed by atoms with Crippen LogP contribution < -0.4 is 0 Å². The third kappa shape index (κ3) is 2.29. The van der Waals surface area contributed by atoms with Crippen LogP contribution in [-0.4, -0.2) is 16.1 Å². The number of carbonyl (C=O) groups is 1. The Morgan fingerprint density at radius 2 is 1.94 bits per heavy atom. The molecular formula is C13H8N2O2. The minimum absolute atomic E-state index is 0.0652. The lowest BCUT2D eigenvalue weighted by Gasteiger charge is -2.02. The molecule has 17 heavy (non-hydrogen) atoms. The van der Waals surface area contributed by atoms with E-state index in [0.717, 1.165) is 5.56 Å². The maximum Gasteiger partial charge on any atom is 0.335 e. The Morgan fingerprint density at radius 1 is 1.24 bits per heavy atom. The molecule has 0 radical (unpaired) electrons. The van der Waals surface area contributed by atoms with E-state index in [1.165, 1.54) is 12.1 Å². The van der Waals surface area contributed by atoms with Crippen molar-refractivity contribution in [1.82, 2.24) is 4.98 Å². The standard InChI is InChI=1S/C13H8N2O2/c14-8-11-6-10(13(16)17)7-12(15-11)9-4-2-1-3-5-9/h1-7H,(H,16,17). The van der Waals surface area contributed by atoms with E-state index in [2.05, 4.69) is 4.98 Å². The molecule has 2 aromatic rings. The van der Waals surface area contributed by atoms with Gasteiger partial charge in [-0.3, -0.25) is 0 Å². The predicted molar refractivity (Wildman–Crippen MR) is 61.3 cm³/mol. The zero-order chi connectivity index (χ0) is 12.3. The Hall–Kier alpha value is -2.67. The highest BCUT2D eigenvalue weighted by Crippen LogP contribution is 2.18. The summed E-state index contributed by atoms with van der Waals surface area (Å²) in [5.41, 5.74) is 1.44. The van der Waals surface area contributed by atoms with Crippen molar-refractivity contribution in [3.63, 3.8) is 0 Å². The van der Waals surface area contributed by atoms with E-state index in [1.807, 2.05) is 36.4 Å². The highest BCUT2D eigenvalue weighted by atomic mass is 16.4. The molecule has 4 heteroatoms. The number of benzene rings is 1. The van der Waals surface area contributed by atoms with E-state index in [0.29, 0.717) is 5.69 Å². The summed E-state index contributed by atoms with van der Waals surface area (Å²) in [7, 11) is 0. The first-order chi connectivity index (χ1) is 8.20. The number of carboxylic acids is 1. The second kappa shape index (κ2) is 4.45. The van der Waals surface area contributed by atoms with Gasteiger partial charge in [0.1, 0.15) is 11.8 Å². The van der Waals surface area contributed by atoms with Gasteiger partial charge in [-0.05, 0) is 12.1 Å². The minimum atomic E-state index is -1.07. The van der Waals surface area contributed by atoms with Crippen molar-refractivity contribution < 1.29 is 9.90 Å². The number of pyridine rings is 1. The van der Waals surface area contributed by atoms with E-state index < -0.39 is 5.97 Å². The fourth-order valence-electron chi connectivity index (χ4n) is 1.47. The lowest BCUT2D eigenvalue weighted by atomic mass is 10.1. The number of nitrogens with zero attached hydrogens (tertiary/aromatic N) is 2. The highest BCUT2D eigenvalue weighted by molar-refractivity contribution is 5.89. The topological polar surface area (TPSA) is 74.0 Å². The molecule has 0 atom stereocenters. The average Bonchev–Trinajstić information content (AvgIpc) is 2.39. The minimum Gasteiger partial charge on any atom is -0.478 e. The second-order valence-corrected chi connectivity index (χ2v) is 3.41. The van der Waals surface area contributed by atoms with E-state index in [4.69, 9.17) is 10.4 Å². The normalized spacial score (nSPS) is 9.59. The van der Waals surface area contributed by atoms with E-state index in [1.54, 1.807) is 0 Å². The van der Waals surface area contributed by atoms with Crippen molar-refractivity contribution in [3.8, 4) is 17.3 Å². The Morgan fingerprint density at radius 3 is 2.53 bits per heavy atom. The molecule has 0 spiro atoms. The largest absolute Gasteiger partial charge is 0.478 e. The molecule has 1 aromatic heterocycles. The Labute approximate surface area is 97.8 Å². The summed E-state index contributed by atoms with van der Waals surface area (Å²) in [6.07, 6.45) is 0. The number of aromatic nitrogens is 1. The molecule has 1 aromatic carbocycles. The SMILES string of the molecule is N#Cc1cc(C(=O)O)cc(-c2ccccc2)n1. The van der Waals surface area contributed by atoms with Crippen LogP contribution >= 0.6 is 0 Å². The van der Waals surface area contributed by atoms with E-state index in [-0.39, 0.29) is 11.3 Å². The number of rotatable bonds is 2. The van der Waals surface area contributed by atoms with Crippen molar-refractivity contribution in [2.24, 2.45) is 0 Å².